The van der Waals surface area contributed by atoms with Crippen molar-refractivity contribution in [1.82, 2.24) is 93.6 Å². The smallest absolute Gasteiger partial charge is 0.322 e. The van der Waals surface area contributed by atoms with Crippen molar-refractivity contribution in [3.05, 3.63) is 0 Å². The van der Waals surface area contributed by atoms with E-state index in [2.05, 4.69) is 47.9 Å². The van der Waals surface area contributed by atoms with E-state index in [1.165, 1.54) is 4.90 Å². The standard InChI is InChI=1S/C67H97N19O32/c68-23-44(89)75-33(12-14-51(97)98)66(117)85-18-3-6-39(85)62(113)70-25-45(90)76-36(22-54(103)104)60(111)79-34(20-52(99)100)57(108)71-26-47(92)83-16-2-9-42(83)65(116)81-37(30-87)59(110)69-24-46(91)77-38(31-88)61(112)80-35(21-53(101)102)58(109)72-27-49(94)84-17-5-10-43(84)67(118)86-19-4-7-40(86)63(114)73-28-48(93)82-15-1-8-41(82)64(115)78-32(11-13-50(95)96)56(107)74-29-55(105)106/h32-43,87-88H,1-31,68H2,(H,69,110)(H,70,113)(H,71,108)(H,72,109)(H,73,114)(H,74,107)(H,75,89)(H,76,90)(H,77,91)(H,78,115)(H,79,111)(H,80,112)(H,81,116)(H,95,96)(H,97,98)(H,99,100)(H,101,102)(H,103,104)(H,105,106)/t32-,33-,34-,35-,36-,37-,38-,39-,40-,41-,42-,43-/m0/s1. The molecule has 118 heavy (non-hydrogen) atoms. The van der Waals surface area contributed by atoms with Gasteiger partial charge in [0.25, 0.3) is 0 Å². The highest BCUT2D eigenvalue weighted by Gasteiger charge is 2.45. The zero-order chi connectivity index (χ0) is 87.8. The fraction of sp³-hybridized carbons (Fsp3) is 0.642. The van der Waals surface area contributed by atoms with E-state index in [1.807, 2.05) is 21.3 Å². The van der Waals surface area contributed by atoms with E-state index >= 15 is 0 Å². The molecule has 5 fully saturated rings. The minimum Gasteiger partial charge on any atom is -0.481 e. The van der Waals surface area contributed by atoms with Crippen LogP contribution < -0.4 is 74.9 Å². The number of nitrogens with two attached hydrogens (primary N) is 1. The molecule has 0 aliphatic carbocycles. The molecule has 0 spiro atoms. The first-order valence-electron chi connectivity index (χ1n) is 37.3. The van der Waals surface area contributed by atoms with Crippen LogP contribution in [0.5, 0.6) is 0 Å². The lowest BCUT2D eigenvalue weighted by atomic mass is 10.1. The molecule has 5 aliphatic heterocycles. The van der Waals surface area contributed by atoms with Crippen molar-refractivity contribution in [3.63, 3.8) is 0 Å². The predicted octanol–water partition coefficient (Wildman–Crippen LogP) is -13.8. The van der Waals surface area contributed by atoms with Gasteiger partial charge in [0.1, 0.15) is 79.0 Å². The Morgan fingerprint density at radius 3 is 1.05 bits per heavy atom. The Morgan fingerprint density at radius 1 is 0.297 bits per heavy atom. The number of aliphatic hydroxyl groups is 2. The molecular formula is C67H97N19O32. The molecule has 0 aromatic heterocycles. The van der Waals surface area contributed by atoms with Gasteiger partial charge in [-0.1, -0.05) is 0 Å². The second kappa shape index (κ2) is 46.6. The Hall–Kier alpha value is -12.8. The summed E-state index contributed by atoms with van der Waals surface area (Å²) in [6, 6.07) is -18.9. The van der Waals surface area contributed by atoms with Gasteiger partial charge in [-0.2, -0.15) is 0 Å². The molecule has 5 saturated heterocycles. The zero-order valence-electron chi connectivity index (χ0n) is 63.5. The summed E-state index contributed by atoms with van der Waals surface area (Å²) >= 11 is 0. The summed E-state index contributed by atoms with van der Waals surface area (Å²) in [5.41, 5.74) is 5.33. The Morgan fingerprint density at radius 2 is 0.610 bits per heavy atom. The van der Waals surface area contributed by atoms with E-state index in [9.17, 15) is 141 Å². The van der Waals surface area contributed by atoms with Crippen LogP contribution in [-0.2, 0) is 115 Å². The number of nitrogens with one attached hydrogen (secondary N) is 13. The van der Waals surface area contributed by atoms with Crippen LogP contribution in [0.4, 0.5) is 0 Å². The van der Waals surface area contributed by atoms with Crippen LogP contribution in [0.15, 0.2) is 0 Å². The number of carbonyl (C=O) groups excluding carboxylic acids is 18. The summed E-state index contributed by atoms with van der Waals surface area (Å²) in [6.07, 6.45) is -3.80. The van der Waals surface area contributed by atoms with Gasteiger partial charge in [-0.3, -0.25) is 115 Å². The lowest BCUT2D eigenvalue weighted by molar-refractivity contribution is -0.147. The second-order valence-electron chi connectivity index (χ2n) is 27.6. The average molecular weight is 1680 g/mol. The third kappa shape index (κ3) is 29.5. The SMILES string of the molecule is NCC(=O)N[C@@H](CCC(=O)O)C(=O)N1CCC[C@H]1C(=O)NCC(=O)N[C@@H](CC(=O)O)C(=O)N[C@@H](CC(=O)O)C(=O)NCC(=O)N1CCC[C@H]1C(=O)N[C@@H](CO)C(=O)NCC(=O)N[C@@H](CO)C(=O)N[C@@H](CC(=O)O)C(=O)NCC(=O)N1CCC[C@H]1C(=O)N1CCC[C@H]1C(=O)NCC(=O)N1CCC[C@H]1C(=O)N[C@@H](CCC(=O)O)C(=O)NCC(=O)O. The number of aliphatic hydroxyl groups excluding tert-OH is 2. The largest absolute Gasteiger partial charge is 0.481 e. The normalized spacial score (nSPS) is 19.1. The number of carboxylic acid groups (broad SMARTS) is 6. The van der Waals surface area contributed by atoms with Crippen molar-refractivity contribution in [2.45, 2.75) is 182 Å². The van der Waals surface area contributed by atoms with Gasteiger partial charge in [-0.25, -0.2) is 0 Å². The molecule has 0 bridgehead atoms. The number of rotatable bonds is 46. The molecule has 51 heteroatoms. The second-order valence-corrected chi connectivity index (χ2v) is 27.6. The highest BCUT2D eigenvalue weighted by molar-refractivity contribution is 6.02. The number of nitrogens with zero attached hydrogens (tertiary/aromatic N) is 5. The number of carbonyl (C=O) groups is 24. The molecule has 0 aromatic carbocycles. The van der Waals surface area contributed by atoms with Crippen molar-refractivity contribution in [3.8, 4) is 0 Å². The topological polar surface area (TPSA) is 770 Å². The van der Waals surface area contributed by atoms with Crippen molar-refractivity contribution < 1.29 is 156 Å². The van der Waals surface area contributed by atoms with Gasteiger partial charge in [-0.15, -0.1) is 0 Å². The Labute approximate surface area is 668 Å². The molecule has 51 nitrogen and oxygen atoms in total. The predicted molar refractivity (Wildman–Crippen MR) is 387 cm³/mol. The minimum absolute atomic E-state index is 0.0179. The molecule has 5 aliphatic rings. The molecule has 18 amide bonds. The lowest BCUT2D eigenvalue weighted by Crippen LogP contribution is -2.58. The maximum atomic E-state index is 14.1. The molecule has 23 N–H and O–H groups in total. The molecule has 0 unspecified atom stereocenters. The highest BCUT2D eigenvalue weighted by Crippen LogP contribution is 2.27. The number of amides is 18. The molecule has 0 radical (unpaired) electrons. The Kier molecular flexibility index (Phi) is 37.8. The van der Waals surface area contributed by atoms with Gasteiger partial charge in [0, 0.05) is 45.6 Å². The van der Waals surface area contributed by atoms with E-state index in [4.69, 9.17) is 21.1 Å². The van der Waals surface area contributed by atoms with Gasteiger partial charge < -0.3 is 140 Å². The van der Waals surface area contributed by atoms with E-state index in [0.717, 1.165) is 19.6 Å². The molecule has 12 atom stereocenters. The van der Waals surface area contributed by atoms with Crippen LogP contribution in [0.1, 0.15) is 109 Å². The Balaban J connectivity index is 1.07. The van der Waals surface area contributed by atoms with E-state index in [0.29, 0.717) is 12.8 Å². The number of carboxylic acids is 6. The summed E-state index contributed by atoms with van der Waals surface area (Å²) in [5, 5.41) is 104. The van der Waals surface area contributed by atoms with Crippen molar-refractivity contribution in [2.24, 2.45) is 5.73 Å². The zero-order valence-corrected chi connectivity index (χ0v) is 63.5. The third-order valence-corrected chi connectivity index (χ3v) is 19.2. The number of likely N-dealkylation sites (tertiary alicyclic amines) is 5. The van der Waals surface area contributed by atoms with Gasteiger partial charge in [0.15, 0.2) is 0 Å². The quantitative estimate of drug-likeness (QED) is 0.0269. The van der Waals surface area contributed by atoms with E-state index in [-0.39, 0.29) is 90.5 Å². The number of hydrogen-bond acceptors (Lipinski definition) is 27. The average Bonchev–Trinajstić information content (AvgIpc) is 1.70. The maximum absolute atomic E-state index is 14.1. The summed E-state index contributed by atoms with van der Waals surface area (Å²) in [6.45, 7) is -8.33. The van der Waals surface area contributed by atoms with Crippen LogP contribution in [0.3, 0.4) is 0 Å². The van der Waals surface area contributed by atoms with Gasteiger partial charge in [0.05, 0.1) is 71.7 Å². The summed E-state index contributed by atoms with van der Waals surface area (Å²) in [5.74, 6) is -27.6. The van der Waals surface area contributed by atoms with Crippen LogP contribution >= 0.6 is 0 Å². The fourth-order valence-electron chi connectivity index (χ4n) is 13.4. The molecule has 5 rings (SSSR count). The summed E-state index contributed by atoms with van der Waals surface area (Å²) in [4.78, 5) is 314. The maximum Gasteiger partial charge on any atom is 0.322 e. The summed E-state index contributed by atoms with van der Waals surface area (Å²) in [7, 11) is 0. The van der Waals surface area contributed by atoms with Crippen LogP contribution in [0.25, 0.3) is 0 Å². The van der Waals surface area contributed by atoms with Crippen molar-refractivity contribution in [1.29, 1.82) is 0 Å². The monoisotopic (exact) mass is 1680 g/mol. The minimum atomic E-state index is -2.07. The molecule has 652 valence electrons. The van der Waals surface area contributed by atoms with E-state index in [1.54, 1.807) is 0 Å². The van der Waals surface area contributed by atoms with Gasteiger partial charge >= 0.3 is 35.8 Å². The number of aliphatic carboxylic acids is 6. The number of hydrogen-bond donors (Lipinski definition) is 22. The Bertz CT molecular complexity index is 3850. The van der Waals surface area contributed by atoms with Gasteiger partial charge in [0.2, 0.25) is 106 Å². The van der Waals surface area contributed by atoms with Crippen LogP contribution in [0.2, 0.25) is 0 Å². The summed E-state index contributed by atoms with van der Waals surface area (Å²) < 4.78 is 0. The lowest BCUT2D eigenvalue weighted by Gasteiger charge is -2.31. The first-order valence-corrected chi connectivity index (χ1v) is 37.3. The highest BCUT2D eigenvalue weighted by atomic mass is 16.4. The first kappa shape index (κ1) is 95.7. The molecule has 5 heterocycles. The van der Waals surface area contributed by atoms with Crippen LogP contribution in [-0.4, -0.2) is 372 Å². The van der Waals surface area contributed by atoms with Crippen LogP contribution in [0, 0.1) is 0 Å². The van der Waals surface area contributed by atoms with Gasteiger partial charge in [-0.05, 0) is 77.0 Å². The molecular weight excluding hydrogens is 1580 g/mol. The first-order chi connectivity index (χ1) is 55.8. The van der Waals surface area contributed by atoms with Crippen molar-refractivity contribution >= 4 is 142 Å². The van der Waals surface area contributed by atoms with E-state index < -0.39 is 312 Å². The fourth-order valence-corrected chi connectivity index (χ4v) is 13.4. The molecule has 0 saturated carbocycles. The molecule has 0 aromatic rings. The van der Waals surface area contributed by atoms with Crippen molar-refractivity contribution in [2.75, 3.05) is 91.8 Å². The third-order valence-electron chi connectivity index (χ3n) is 19.2.